The van der Waals surface area contributed by atoms with Crippen molar-refractivity contribution in [1.29, 1.82) is 0 Å². The molecule has 0 radical (unpaired) electrons. The third-order valence-electron chi connectivity index (χ3n) is 16.2. The lowest BCUT2D eigenvalue weighted by molar-refractivity contribution is 0.305. The van der Waals surface area contributed by atoms with E-state index >= 15 is 0 Å². The summed E-state index contributed by atoms with van der Waals surface area (Å²) in [5.74, 6) is 3.78. The Kier molecular flexibility index (Phi) is 36.5. The largest absolute Gasteiger partial charge is 0.489 e. The lowest BCUT2D eigenvalue weighted by Gasteiger charge is -2.11. The van der Waals surface area contributed by atoms with Crippen LogP contribution < -0.4 is 28.4 Å². The Bertz CT molecular complexity index is 5700. The molecule has 0 fully saturated rings. The van der Waals surface area contributed by atoms with E-state index in [1.165, 1.54) is 26.9 Å². The van der Waals surface area contributed by atoms with E-state index in [1.807, 2.05) is 115 Å². The van der Waals surface area contributed by atoms with E-state index in [-0.39, 0.29) is 0 Å². The highest BCUT2D eigenvalue weighted by Crippen LogP contribution is 2.37. The number of rotatable bonds is 18. The molecule has 15 rings (SSSR count). The molecule has 0 heterocycles. The van der Waals surface area contributed by atoms with Gasteiger partial charge in [0.2, 0.25) is 0 Å². The molecule has 6 nitrogen and oxygen atoms in total. The number of hydrogen-bond donors (Lipinski definition) is 0. The summed E-state index contributed by atoms with van der Waals surface area (Å²) in [5.41, 5.74) is 6.45. The molecule has 0 aromatic heterocycles. The van der Waals surface area contributed by atoms with E-state index in [2.05, 4.69) is 162 Å². The van der Waals surface area contributed by atoms with Crippen molar-refractivity contribution in [2.75, 3.05) is 0 Å². The van der Waals surface area contributed by atoms with Crippen LogP contribution in [-0.4, -0.2) is 0 Å². The normalized spacial score (nSPS) is 10.6. The van der Waals surface area contributed by atoms with Crippen molar-refractivity contribution in [3.63, 3.8) is 0 Å². The van der Waals surface area contributed by atoms with E-state index in [4.69, 9.17) is 168 Å². The fourth-order valence-corrected chi connectivity index (χ4v) is 15.7. The molecule has 0 amide bonds. The van der Waals surface area contributed by atoms with Crippen LogP contribution in [0.1, 0.15) is 33.4 Å². The highest BCUT2D eigenvalue weighted by Gasteiger charge is 2.13. The predicted octanol–water partition coefficient (Wildman–Crippen LogP) is 35.5. The Morgan fingerprint density at radius 2 is 0.474 bits per heavy atom. The van der Waals surface area contributed by atoms with Crippen LogP contribution in [0.5, 0.6) is 34.5 Å². The number of ether oxygens (including phenoxy) is 6. The quantitative estimate of drug-likeness (QED) is 0.0853. The predicted molar refractivity (Wildman–Crippen MR) is 502 cm³/mol. The van der Waals surface area contributed by atoms with Crippen LogP contribution in [-0.2, 0) is 39.6 Å². The first-order valence-corrected chi connectivity index (χ1v) is 43.4. The van der Waals surface area contributed by atoms with Crippen molar-refractivity contribution in [2.45, 2.75) is 39.6 Å². The summed E-state index contributed by atoms with van der Waals surface area (Å²) in [6, 6.07) is 91.9. The molecule has 0 bridgehead atoms. The van der Waals surface area contributed by atoms with Gasteiger partial charge in [0.25, 0.3) is 0 Å². The smallest absolute Gasteiger partial charge is 0.139 e. The first kappa shape index (κ1) is 90.6. The molecule has 0 spiro atoms. The van der Waals surface area contributed by atoms with Gasteiger partial charge < -0.3 is 28.4 Å². The first-order valence-electron chi connectivity index (χ1n) is 34.1. The molecule has 0 saturated carbocycles. The van der Waals surface area contributed by atoms with Gasteiger partial charge >= 0.3 is 0 Å². The van der Waals surface area contributed by atoms with Gasteiger partial charge in [-0.05, 0) is 230 Å². The number of halogens is 18. The van der Waals surface area contributed by atoms with Crippen LogP contribution in [0.4, 0.5) is 0 Å². The van der Waals surface area contributed by atoms with Crippen molar-refractivity contribution in [3.05, 3.63) is 412 Å². The lowest BCUT2D eigenvalue weighted by atomic mass is 10.1. The van der Waals surface area contributed by atoms with Crippen molar-refractivity contribution >= 4 is 267 Å². The third-order valence-corrected chi connectivity index (χ3v) is 23.6. The van der Waals surface area contributed by atoms with Crippen molar-refractivity contribution in [1.82, 2.24) is 0 Å². The summed E-state index contributed by atoms with van der Waals surface area (Å²) in [6.07, 6.45) is 0. The molecule has 15 aromatic carbocycles. The van der Waals surface area contributed by atoms with Gasteiger partial charge in [-0.3, -0.25) is 0 Å². The van der Waals surface area contributed by atoms with Crippen LogP contribution in [0.3, 0.4) is 0 Å². The monoisotopic (exact) mass is 2130 g/mol. The molecule has 24 heteroatoms. The summed E-state index contributed by atoms with van der Waals surface area (Å²) in [4.78, 5) is 0. The van der Waals surface area contributed by atoms with Gasteiger partial charge in [0.15, 0.2) is 0 Å². The van der Waals surface area contributed by atoms with E-state index in [1.54, 1.807) is 109 Å². The molecule has 0 atom stereocenters. The van der Waals surface area contributed by atoms with Crippen LogP contribution in [0.15, 0.2) is 318 Å². The minimum atomic E-state index is 0.422. The standard InChI is InChI=1S/3C17H11BrCl2O.3C13H9BrCl2O/c18-17-12(6-5-11-3-1-2-4-16(11)17)10-21-15-8-13(19)7-14(20)9-15;18-17-12(6-5-11-3-1-2-4-14(11)17)10-21-16-8-7-13(19)9-15(16)20;18-17-12(6-5-11-3-1-2-4-14(11)17)10-21-16-9-13(19)7-8-15(16)20;14-10-3-1-9(2-4-10)8-17-13-6-11(15)5-12(16)7-13;14-10-3-1-9(2-4-10)8-17-13-6-5-11(15)7-12(13)16;14-10-3-1-9(2-4-10)8-17-13-7-11(15)5-6-12(13)16/h3*1-9H,10H2;3*1-7H,8H2. The highest BCUT2D eigenvalue weighted by atomic mass is 79.9. The Hall–Kier alpha value is -5.76. The topological polar surface area (TPSA) is 55.4 Å². The second-order valence-electron chi connectivity index (χ2n) is 24.4. The Labute approximate surface area is 772 Å². The molecular formula is C90H60Br6Cl12O6. The number of hydrogen-bond acceptors (Lipinski definition) is 6. The van der Waals surface area contributed by atoms with E-state index in [0.29, 0.717) is 134 Å². The Balaban J connectivity index is 0.000000145. The maximum absolute atomic E-state index is 6.11. The average Bonchev–Trinajstić information content (AvgIpc) is 0.819. The van der Waals surface area contributed by atoms with Crippen molar-refractivity contribution < 1.29 is 28.4 Å². The average molecular weight is 2140 g/mol. The number of benzene rings is 15. The molecule has 582 valence electrons. The van der Waals surface area contributed by atoms with Gasteiger partial charge in [-0.15, -0.1) is 0 Å². The maximum atomic E-state index is 6.11. The minimum Gasteiger partial charge on any atom is -0.489 e. The summed E-state index contributed by atoms with van der Waals surface area (Å²) in [6.45, 7) is 2.74. The zero-order valence-electron chi connectivity index (χ0n) is 59.2. The summed E-state index contributed by atoms with van der Waals surface area (Å²) < 4.78 is 40.5. The Morgan fingerprint density at radius 3 is 0.816 bits per heavy atom. The lowest BCUT2D eigenvalue weighted by Crippen LogP contribution is -1.97. The van der Waals surface area contributed by atoms with E-state index in [0.717, 1.165) is 65.6 Å². The van der Waals surface area contributed by atoms with E-state index in [9.17, 15) is 0 Å². The molecule has 0 aliphatic carbocycles. The molecule has 0 saturated heterocycles. The second-order valence-corrected chi connectivity index (χ2v) is 34.6. The molecule has 0 unspecified atom stereocenters. The summed E-state index contributed by atoms with van der Waals surface area (Å²) in [7, 11) is 0. The minimum absolute atomic E-state index is 0.422. The zero-order valence-corrected chi connectivity index (χ0v) is 77.8. The van der Waals surface area contributed by atoms with Gasteiger partial charge in [-0.2, -0.15) is 0 Å². The molecular weight excluding hydrogens is 2080 g/mol. The van der Waals surface area contributed by atoms with Gasteiger partial charge in [0.05, 0.1) is 20.1 Å². The van der Waals surface area contributed by atoms with Gasteiger partial charge in [-0.25, -0.2) is 0 Å². The Morgan fingerprint density at radius 1 is 0.202 bits per heavy atom. The third kappa shape index (κ3) is 28.8. The molecule has 0 N–H and O–H groups in total. The van der Waals surface area contributed by atoms with E-state index < -0.39 is 0 Å². The molecule has 114 heavy (non-hydrogen) atoms. The maximum Gasteiger partial charge on any atom is 0.139 e. The second kappa shape index (κ2) is 46.0. The van der Waals surface area contributed by atoms with Gasteiger partial charge in [0.1, 0.15) is 74.1 Å². The fourth-order valence-electron chi connectivity index (χ4n) is 10.5. The van der Waals surface area contributed by atoms with Crippen LogP contribution >= 0.6 is 235 Å². The van der Waals surface area contributed by atoms with Crippen molar-refractivity contribution in [2.24, 2.45) is 0 Å². The molecule has 0 aliphatic rings. The van der Waals surface area contributed by atoms with Crippen molar-refractivity contribution in [3.8, 4) is 34.5 Å². The van der Waals surface area contributed by atoms with Gasteiger partial charge in [0, 0.05) is 95.8 Å². The molecule has 0 aliphatic heterocycles. The fraction of sp³-hybridized carbons (Fsp3) is 0.0667. The summed E-state index contributed by atoms with van der Waals surface area (Å²) in [5, 5.41) is 13.9. The van der Waals surface area contributed by atoms with Crippen LogP contribution in [0.2, 0.25) is 60.3 Å². The van der Waals surface area contributed by atoms with Crippen LogP contribution in [0.25, 0.3) is 32.3 Å². The number of fused-ring (bicyclic) bond motifs is 3. The SMILES string of the molecule is Clc1cc(Cl)cc(OCc2ccc(Br)cc2)c1.Clc1cc(Cl)cc(OCc2ccc3ccccc3c2Br)c1.Clc1ccc(Cl)c(OCc2ccc(Br)cc2)c1.Clc1ccc(Cl)c(OCc2ccc3ccccc3c2Br)c1.Clc1ccc(OCc2ccc(Br)cc2)c(Cl)c1.Clc1ccc(OCc2ccc3ccccc3c2Br)c(Cl)c1. The highest BCUT2D eigenvalue weighted by molar-refractivity contribution is 9.11. The first-order chi connectivity index (χ1) is 54.9. The van der Waals surface area contributed by atoms with Gasteiger partial charge in [-0.1, -0.05) is 333 Å². The summed E-state index contributed by atoms with van der Waals surface area (Å²) >= 11 is 92.5. The molecule has 15 aromatic rings. The zero-order chi connectivity index (χ0) is 81.2. The van der Waals surface area contributed by atoms with Crippen LogP contribution in [0, 0.1) is 0 Å².